The SMILES string of the molecule is [B]C1(C(C)(C)C)CCCC2CNCCC2C1. The van der Waals surface area contributed by atoms with Crippen LogP contribution in [0, 0.1) is 17.3 Å². The molecule has 90 valence electrons. The summed E-state index contributed by atoms with van der Waals surface area (Å²) in [6, 6.07) is 0. The van der Waals surface area contributed by atoms with Crippen LogP contribution >= 0.6 is 0 Å². The monoisotopic (exact) mass is 219 g/mol. The van der Waals surface area contributed by atoms with Gasteiger partial charge in [0, 0.05) is 0 Å². The van der Waals surface area contributed by atoms with Gasteiger partial charge in [0.25, 0.3) is 0 Å². The molecule has 1 aliphatic carbocycles. The second kappa shape index (κ2) is 4.36. The lowest BCUT2D eigenvalue weighted by molar-refractivity contribution is 0.175. The van der Waals surface area contributed by atoms with Gasteiger partial charge in [-0.25, -0.2) is 0 Å². The van der Waals surface area contributed by atoms with Crippen molar-refractivity contribution in [1.82, 2.24) is 5.32 Å². The first-order valence-electron chi connectivity index (χ1n) is 6.92. The van der Waals surface area contributed by atoms with Crippen LogP contribution in [-0.4, -0.2) is 20.9 Å². The van der Waals surface area contributed by atoms with E-state index in [9.17, 15) is 0 Å². The minimum Gasteiger partial charge on any atom is -0.316 e. The Morgan fingerprint density at radius 2 is 1.94 bits per heavy atom. The summed E-state index contributed by atoms with van der Waals surface area (Å²) in [5.74, 6) is 1.76. The Hall–Kier alpha value is 0.0249. The lowest BCUT2D eigenvalue weighted by Crippen LogP contribution is -2.38. The molecule has 1 saturated heterocycles. The largest absolute Gasteiger partial charge is 0.316 e. The second-order valence-electron chi connectivity index (χ2n) is 7.02. The molecule has 1 N–H and O–H groups in total. The van der Waals surface area contributed by atoms with E-state index in [-0.39, 0.29) is 10.7 Å². The molecular weight excluding hydrogens is 193 g/mol. The van der Waals surface area contributed by atoms with Gasteiger partial charge in [0.15, 0.2) is 0 Å². The van der Waals surface area contributed by atoms with Gasteiger partial charge >= 0.3 is 0 Å². The van der Waals surface area contributed by atoms with Gasteiger partial charge in [-0.1, -0.05) is 45.3 Å². The van der Waals surface area contributed by atoms with Crippen molar-refractivity contribution in [3.05, 3.63) is 0 Å². The van der Waals surface area contributed by atoms with Crippen molar-refractivity contribution in [2.75, 3.05) is 13.1 Å². The van der Waals surface area contributed by atoms with Gasteiger partial charge in [0.1, 0.15) is 0 Å². The summed E-state index contributed by atoms with van der Waals surface area (Å²) in [5, 5.41) is 3.60. The van der Waals surface area contributed by atoms with Crippen molar-refractivity contribution in [3.8, 4) is 0 Å². The smallest absolute Gasteiger partial charge is 0.0753 e. The quantitative estimate of drug-likeness (QED) is 0.617. The van der Waals surface area contributed by atoms with Crippen molar-refractivity contribution in [2.45, 2.75) is 58.2 Å². The average Bonchev–Trinajstić information content (AvgIpc) is 2.35. The molecule has 16 heavy (non-hydrogen) atoms. The lowest BCUT2D eigenvalue weighted by atomic mass is 9.49. The Morgan fingerprint density at radius 3 is 2.62 bits per heavy atom. The van der Waals surface area contributed by atoms with E-state index >= 15 is 0 Å². The van der Waals surface area contributed by atoms with Gasteiger partial charge in [0.2, 0.25) is 0 Å². The average molecular weight is 219 g/mol. The molecule has 1 saturated carbocycles. The lowest BCUT2D eigenvalue weighted by Gasteiger charge is -2.45. The number of piperidine rings is 1. The maximum atomic E-state index is 6.72. The highest BCUT2D eigenvalue weighted by Gasteiger charge is 2.42. The van der Waals surface area contributed by atoms with Crippen LogP contribution in [0.4, 0.5) is 0 Å². The third-order valence-electron chi connectivity index (χ3n) is 5.08. The van der Waals surface area contributed by atoms with Crippen LogP contribution < -0.4 is 5.32 Å². The van der Waals surface area contributed by atoms with Crippen LogP contribution in [0.25, 0.3) is 0 Å². The zero-order valence-corrected chi connectivity index (χ0v) is 11.2. The fourth-order valence-electron chi connectivity index (χ4n) is 3.51. The van der Waals surface area contributed by atoms with Gasteiger partial charge < -0.3 is 5.32 Å². The fourth-order valence-corrected chi connectivity index (χ4v) is 3.51. The Bertz CT molecular complexity index is 246. The van der Waals surface area contributed by atoms with Crippen molar-refractivity contribution in [1.29, 1.82) is 0 Å². The third kappa shape index (κ3) is 2.32. The minimum atomic E-state index is 0.0593. The molecule has 1 nitrogen and oxygen atoms in total. The number of rotatable bonds is 0. The van der Waals surface area contributed by atoms with Crippen LogP contribution in [0.1, 0.15) is 52.9 Å². The summed E-state index contributed by atoms with van der Waals surface area (Å²) in [6.07, 6.45) is 6.48. The molecule has 3 atom stereocenters. The molecule has 1 aliphatic heterocycles. The van der Waals surface area contributed by atoms with Gasteiger partial charge in [-0.2, -0.15) is 0 Å². The zero-order valence-electron chi connectivity index (χ0n) is 11.2. The second-order valence-corrected chi connectivity index (χ2v) is 7.02. The molecule has 0 aromatic carbocycles. The summed E-state index contributed by atoms with van der Waals surface area (Å²) >= 11 is 0. The van der Waals surface area contributed by atoms with Gasteiger partial charge in [-0.05, 0) is 43.2 Å². The normalized spacial score (nSPS) is 41.2. The molecule has 0 aromatic heterocycles. The molecule has 0 amide bonds. The van der Waals surface area contributed by atoms with Gasteiger partial charge in [-0.15, -0.1) is 0 Å². The van der Waals surface area contributed by atoms with E-state index < -0.39 is 0 Å². The van der Waals surface area contributed by atoms with Crippen LogP contribution in [-0.2, 0) is 0 Å². The predicted octanol–water partition coefficient (Wildman–Crippen LogP) is 3.16. The molecule has 2 aliphatic rings. The summed E-state index contributed by atoms with van der Waals surface area (Å²) < 4.78 is 0. The van der Waals surface area contributed by atoms with Gasteiger partial charge in [-0.3, -0.25) is 0 Å². The van der Waals surface area contributed by atoms with E-state index in [4.69, 9.17) is 7.85 Å². The molecular formula is C14H26BN. The van der Waals surface area contributed by atoms with Crippen LogP contribution in [0.2, 0.25) is 5.31 Å². The molecule has 2 fully saturated rings. The van der Waals surface area contributed by atoms with E-state index in [0.29, 0.717) is 0 Å². The summed E-state index contributed by atoms with van der Waals surface area (Å²) in [7, 11) is 6.72. The van der Waals surface area contributed by atoms with E-state index in [1.54, 1.807) is 0 Å². The topological polar surface area (TPSA) is 12.0 Å². The van der Waals surface area contributed by atoms with Crippen LogP contribution in [0.15, 0.2) is 0 Å². The Morgan fingerprint density at radius 1 is 1.19 bits per heavy atom. The third-order valence-corrected chi connectivity index (χ3v) is 5.08. The summed E-state index contributed by atoms with van der Waals surface area (Å²) in [6.45, 7) is 9.36. The highest BCUT2D eigenvalue weighted by molar-refractivity contribution is 6.15. The molecule has 0 aromatic rings. The first-order chi connectivity index (χ1) is 7.42. The Balaban J connectivity index is 2.13. The highest BCUT2D eigenvalue weighted by atomic mass is 14.9. The van der Waals surface area contributed by atoms with E-state index in [0.717, 1.165) is 11.8 Å². The van der Waals surface area contributed by atoms with Gasteiger partial charge in [0.05, 0.1) is 7.85 Å². The van der Waals surface area contributed by atoms with Crippen molar-refractivity contribution in [2.24, 2.45) is 17.3 Å². The Kier molecular flexibility index (Phi) is 3.40. The molecule has 1 heterocycles. The van der Waals surface area contributed by atoms with E-state index in [2.05, 4.69) is 26.1 Å². The maximum Gasteiger partial charge on any atom is 0.0753 e. The zero-order chi connectivity index (χ0) is 11.8. The Labute approximate surface area is 102 Å². The molecule has 2 rings (SSSR count). The molecule has 3 unspecified atom stereocenters. The molecule has 0 bridgehead atoms. The number of nitrogens with one attached hydrogen (secondary N) is 1. The van der Waals surface area contributed by atoms with Crippen molar-refractivity contribution >= 4 is 7.85 Å². The maximum absolute atomic E-state index is 6.72. The standard InChI is InChI=1S/C14H26BN/c1-13(2,3)14(15)7-4-5-12-10-16-8-6-11(12)9-14/h11-12,16H,4-10H2,1-3H3. The number of fused-ring (bicyclic) bond motifs is 1. The minimum absolute atomic E-state index is 0.0593. The van der Waals surface area contributed by atoms with Crippen molar-refractivity contribution in [3.63, 3.8) is 0 Å². The van der Waals surface area contributed by atoms with E-state index in [1.807, 2.05) is 0 Å². The molecule has 2 heteroatoms. The molecule has 0 spiro atoms. The summed E-state index contributed by atoms with van der Waals surface area (Å²) in [4.78, 5) is 0. The van der Waals surface area contributed by atoms with E-state index in [1.165, 1.54) is 45.2 Å². The first kappa shape index (κ1) is 12.5. The van der Waals surface area contributed by atoms with Crippen LogP contribution in [0.3, 0.4) is 0 Å². The number of hydrogen-bond acceptors (Lipinski definition) is 1. The van der Waals surface area contributed by atoms with Crippen molar-refractivity contribution < 1.29 is 0 Å². The fraction of sp³-hybridized carbons (Fsp3) is 1.00. The highest BCUT2D eigenvalue weighted by Crippen LogP contribution is 2.55. The van der Waals surface area contributed by atoms with Crippen LogP contribution in [0.5, 0.6) is 0 Å². The first-order valence-corrected chi connectivity index (χ1v) is 6.92. The number of hydrogen-bond donors (Lipinski definition) is 1. The molecule has 2 radical (unpaired) electrons. The predicted molar refractivity (Wildman–Crippen MR) is 70.8 cm³/mol. The summed E-state index contributed by atoms with van der Waals surface area (Å²) in [5.41, 5.74) is 0.243.